The number of methoxy groups -OCH3 is 2. The molecule has 22 heavy (non-hydrogen) atoms. The van der Waals surface area contributed by atoms with Crippen LogP contribution in [0.1, 0.15) is 12.8 Å². The Morgan fingerprint density at radius 3 is 1.41 bits per heavy atom. The van der Waals surface area contributed by atoms with Crippen LogP contribution in [-0.4, -0.2) is 72.5 Å². The maximum Gasteiger partial charge on any atom is 0.328 e. The minimum Gasteiger partial charge on any atom is -0.467 e. The molecule has 2 heterocycles. The van der Waals surface area contributed by atoms with Gasteiger partial charge in [0.05, 0.1) is 14.2 Å². The maximum atomic E-state index is 10.8. The van der Waals surface area contributed by atoms with E-state index in [0.29, 0.717) is 0 Å². The number of rotatable bonds is 2. The van der Waals surface area contributed by atoms with Crippen molar-refractivity contribution in [1.29, 1.82) is 0 Å². The van der Waals surface area contributed by atoms with Crippen molar-refractivity contribution in [2.75, 3.05) is 14.2 Å². The van der Waals surface area contributed by atoms with Gasteiger partial charge in [0, 0.05) is 12.8 Å². The summed E-state index contributed by atoms with van der Waals surface area (Å²) < 4.78 is 8.73. The average Bonchev–Trinajstić information content (AvgIpc) is 3.01. The van der Waals surface area contributed by atoms with Crippen molar-refractivity contribution >= 4 is 23.8 Å². The van der Waals surface area contributed by atoms with Gasteiger partial charge < -0.3 is 30.3 Å². The second kappa shape index (κ2) is 7.71. The molecule has 0 aliphatic carbocycles. The molecule has 2 amide bonds. The number of amides is 2. The van der Waals surface area contributed by atoms with Gasteiger partial charge >= 0.3 is 11.9 Å². The molecular weight excluding hydrogens is 300 g/mol. The van der Waals surface area contributed by atoms with Gasteiger partial charge in [0.15, 0.2) is 0 Å². The lowest BCUT2D eigenvalue weighted by Crippen LogP contribution is -2.34. The molecule has 0 aromatic heterocycles. The molecule has 10 heteroatoms. The molecule has 0 saturated carbocycles. The third kappa shape index (κ3) is 4.40. The van der Waals surface area contributed by atoms with Crippen molar-refractivity contribution in [3.8, 4) is 0 Å². The van der Waals surface area contributed by atoms with Gasteiger partial charge in [-0.2, -0.15) is 0 Å². The Kier molecular flexibility index (Phi) is 6.25. The molecule has 2 fully saturated rings. The Morgan fingerprint density at radius 1 is 0.909 bits per heavy atom. The van der Waals surface area contributed by atoms with Gasteiger partial charge in [-0.1, -0.05) is 0 Å². The quantitative estimate of drug-likeness (QED) is 0.389. The highest BCUT2D eigenvalue weighted by molar-refractivity contribution is 5.91. The van der Waals surface area contributed by atoms with Crippen molar-refractivity contribution in [3.63, 3.8) is 0 Å². The van der Waals surface area contributed by atoms with Gasteiger partial charge in [-0.05, 0) is 0 Å². The number of hydrogen-bond acceptors (Lipinski definition) is 8. The largest absolute Gasteiger partial charge is 0.467 e. The molecule has 0 aromatic rings. The maximum absolute atomic E-state index is 10.8. The lowest BCUT2D eigenvalue weighted by molar-refractivity contribution is -0.144. The SMILES string of the molecule is COC(=O)[C@@H]1C[C@H](O)C(=O)N1.COC(=O)[C@H]1C[C@@H](O)C(=O)N1. The molecule has 0 bridgehead atoms. The van der Waals surface area contributed by atoms with Crippen LogP contribution in [0.5, 0.6) is 0 Å². The Hall–Kier alpha value is -2.20. The van der Waals surface area contributed by atoms with E-state index in [1.165, 1.54) is 14.2 Å². The van der Waals surface area contributed by atoms with Gasteiger partial charge in [0.1, 0.15) is 24.3 Å². The molecule has 0 aromatic carbocycles. The van der Waals surface area contributed by atoms with Crippen molar-refractivity contribution < 1.29 is 38.9 Å². The summed E-state index contributed by atoms with van der Waals surface area (Å²) in [5.41, 5.74) is 0. The van der Waals surface area contributed by atoms with Crippen LogP contribution in [0.15, 0.2) is 0 Å². The lowest BCUT2D eigenvalue weighted by Gasteiger charge is -2.04. The van der Waals surface area contributed by atoms with E-state index in [4.69, 9.17) is 10.2 Å². The Labute approximate surface area is 125 Å². The van der Waals surface area contributed by atoms with Crippen molar-refractivity contribution in [1.82, 2.24) is 10.6 Å². The summed E-state index contributed by atoms with van der Waals surface area (Å²) in [5.74, 6) is -2.06. The second-order valence-corrected chi connectivity index (χ2v) is 4.67. The van der Waals surface area contributed by atoms with E-state index in [9.17, 15) is 19.2 Å². The summed E-state index contributed by atoms with van der Waals surface area (Å²) in [7, 11) is 2.47. The summed E-state index contributed by atoms with van der Waals surface area (Å²) in [4.78, 5) is 42.8. The predicted octanol–water partition coefficient (Wildman–Crippen LogP) is -3.18. The normalized spacial score (nSPS) is 29.8. The second-order valence-electron chi connectivity index (χ2n) is 4.67. The topological polar surface area (TPSA) is 151 Å². The summed E-state index contributed by atoms with van der Waals surface area (Å²) in [6.45, 7) is 0. The first-order valence-corrected chi connectivity index (χ1v) is 6.42. The summed E-state index contributed by atoms with van der Waals surface area (Å²) >= 11 is 0. The number of aliphatic hydroxyl groups excluding tert-OH is 2. The summed E-state index contributed by atoms with van der Waals surface area (Å²) in [5, 5.41) is 22.4. The van der Waals surface area contributed by atoms with E-state index in [1.807, 2.05) is 0 Å². The van der Waals surface area contributed by atoms with E-state index >= 15 is 0 Å². The zero-order chi connectivity index (χ0) is 16.9. The third-order valence-corrected chi connectivity index (χ3v) is 3.13. The number of carbonyl (C=O) groups is 4. The van der Waals surface area contributed by atoms with Crippen LogP contribution in [0.4, 0.5) is 0 Å². The first-order chi connectivity index (χ1) is 10.3. The van der Waals surface area contributed by atoms with Crippen LogP contribution in [0, 0.1) is 0 Å². The standard InChI is InChI=1S/2C6H9NO4/c2*1-11-6(10)3-2-4(8)5(9)7-3/h2*3-4,8H,2H2,1H3,(H,7,9)/t2*3-,4-/m10/s1. The summed E-state index contributed by atoms with van der Waals surface area (Å²) in [6, 6.07) is -1.36. The first kappa shape index (κ1) is 17.9. The lowest BCUT2D eigenvalue weighted by atomic mass is 10.2. The van der Waals surface area contributed by atoms with Gasteiger partial charge in [-0.3, -0.25) is 9.59 Å². The smallest absolute Gasteiger partial charge is 0.328 e. The molecule has 0 spiro atoms. The Balaban J connectivity index is 0.000000220. The molecule has 10 nitrogen and oxygen atoms in total. The van der Waals surface area contributed by atoms with E-state index in [2.05, 4.69) is 20.1 Å². The minimum atomic E-state index is -1.07. The predicted molar refractivity (Wildman–Crippen MR) is 69.1 cm³/mol. The number of esters is 2. The fraction of sp³-hybridized carbons (Fsp3) is 0.667. The summed E-state index contributed by atoms with van der Waals surface area (Å²) in [6.07, 6.45) is -1.94. The van der Waals surface area contributed by atoms with Crippen LogP contribution < -0.4 is 10.6 Å². The van der Waals surface area contributed by atoms with E-state index < -0.39 is 48.0 Å². The van der Waals surface area contributed by atoms with Crippen LogP contribution in [-0.2, 0) is 28.7 Å². The zero-order valence-electron chi connectivity index (χ0n) is 12.1. The molecule has 2 rings (SSSR count). The van der Waals surface area contributed by atoms with Crippen molar-refractivity contribution in [2.45, 2.75) is 37.1 Å². The van der Waals surface area contributed by atoms with Gasteiger partial charge in [0.2, 0.25) is 11.8 Å². The fourth-order valence-electron chi connectivity index (χ4n) is 1.91. The molecule has 4 atom stereocenters. The highest BCUT2D eigenvalue weighted by Crippen LogP contribution is 2.09. The molecule has 2 aliphatic rings. The van der Waals surface area contributed by atoms with Gasteiger partial charge in [-0.25, -0.2) is 9.59 Å². The van der Waals surface area contributed by atoms with Gasteiger partial charge in [0.25, 0.3) is 0 Å². The number of nitrogens with one attached hydrogen (secondary N) is 2. The van der Waals surface area contributed by atoms with Crippen LogP contribution >= 0.6 is 0 Å². The van der Waals surface area contributed by atoms with Crippen LogP contribution in [0.3, 0.4) is 0 Å². The van der Waals surface area contributed by atoms with Crippen LogP contribution in [0.25, 0.3) is 0 Å². The minimum absolute atomic E-state index is 0.103. The number of carbonyl (C=O) groups excluding carboxylic acids is 4. The highest BCUT2D eigenvalue weighted by atomic mass is 16.5. The Morgan fingerprint density at radius 2 is 1.23 bits per heavy atom. The van der Waals surface area contributed by atoms with Crippen molar-refractivity contribution in [3.05, 3.63) is 0 Å². The zero-order valence-corrected chi connectivity index (χ0v) is 12.1. The number of aliphatic hydroxyl groups is 2. The highest BCUT2D eigenvalue weighted by Gasteiger charge is 2.35. The van der Waals surface area contributed by atoms with Crippen LogP contribution in [0.2, 0.25) is 0 Å². The van der Waals surface area contributed by atoms with E-state index in [0.717, 1.165) is 0 Å². The molecule has 4 N–H and O–H groups in total. The fourth-order valence-corrected chi connectivity index (χ4v) is 1.91. The van der Waals surface area contributed by atoms with E-state index in [1.54, 1.807) is 0 Å². The third-order valence-electron chi connectivity index (χ3n) is 3.13. The number of ether oxygens (including phenoxy) is 2. The monoisotopic (exact) mass is 318 g/mol. The van der Waals surface area contributed by atoms with Gasteiger partial charge in [-0.15, -0.1) is 0 Å². The molecular formula is C12H18N2O8. The molecule has 0 radical (unpaired) electrons. The molecule has 2 saturated heterocycles. The first-order valence-electron chi connectivity index (χ1n) is 6.42. The molecule has 0 unspecified atom stereocenters. The van der Waals surface area contributed by atoms with E-state index in [-0.39, 0.29) is 12.8 Å². The molecule has 124 valence electrons. The number of hydrogen-bond donors (Lipinski definition) is 4. The Bertz CT molecular complexity index is 424. The average molecular weight is 318 g/mol. The van der Waals surface area contributed by atoms with Crippen molar-refractivity contribution in [2.24, 2.45) is 0 Å². The molecule has 2 aliphatic heterocycles.